The Balaban J connectivity index is 0.00000169. The number of hydrogen-bond donors (Lipinski definition) is 0. The van der Waals surface area contributed by atoms with Crippen LogP contribution in [-0.4, -0.2) is 24.3 Å². The number of benzene rings is 2. The summed E-state index contributed by atoms with van der Waals surface area (Å²) < 4.78 is 3.87. The van der Waals surface area contributed by atoms with Crippen molar-refractivity contribution in [1.82, 2.24) is 24.3 Å². The summed E-state index contributed by atoms with van der Waals surface area (Å²) in [5, 5.41) is 4.45. The third kappa shape index (κ3) is 2.48. The Morgan fingerprint density at radius 3 is 2.54 bits per heavy atom. The Morgan fingerprint density at radius 1 is 1.04 bits per heavy atom. The number of aromatic nitrogens is 5. The molecule has 0 aliphatic carbocycles. The van der Waals surface area contributed by atoms with Crippen molar-refractivity contribution >= 4 is 11.0 Å². The Bertz CT molecular complexity index is 995. The number of nitrogens with zero attached hydrogens (tertiary/aromatic N) is 5. The minimum absolute atomic E-state index is 0. The van der Waals surface area contributed by atoms with Crippen LogP contribution < -0.4 is 0 Å². The fraction of sp³-hybridized carbons (Fsp3) is 0.167. The second-order valence-corrected chi connectivity index (χ2v) is 5.68. The molecule has 0 bridgehead atoms. The fourth-order valence-electron chi connectivity index (χ4n) is 2.99. The summed E-state index contributed by atoms with van der Waals surface area (Å²) in [5.41, 5.74) is 6.17. The fourth-order valence-corrected chi connectivity index (χ4v) is 2.99. The monoisotopic (exact) mass is 495 g/mol. The molecule has 0 amide bonds. The van der Waals surface area contributed by atoms with Crippen LogP contribution in [-0.2, 0) is 27.2 Å². The zero-order valence-electron chi connectivity index (χ0n) is 13.6. The van der Waals surface area contributed by atoms with E-state index >= 15 is 0 Å². The minimum Gasteiger partial charge on any atom is -0.352 e. The van der Waals surface area contributed by atoms with E-state index < -0.39 is 0 Å². The molecule has 123 valence electrons. The van der Waals surface area contributed by atoms with Gasteiger partial charge in [-0.1, -0.05) is 23.8 Å². The summed E-state index contributed by atoms with van der Waals surface area (Å²) in [5.74, 6) is 0.756. The second kappa shape index (κ2) is 6.30. The molecular formula is C18H16IrN5-. The summed E-state index contributed by atoms with van der Waals surface area (Å²) in [6, 6.07) is 13.4. The molecule has 0 unspecified atom stereocenters. The first-order valence-electron chi connectivity index (χ1n) is 7.45. The molecule has 2 heterocycles. The van der Waals surface area contributed by atoms with Gasteiger partial charge in [0.05, 0.1) is 17.8 Å². The van der Waals surface area contributed by atoms with Crippen LogP contribution in [0.5, 0.6) is 0 Å². The maximum Gasteiger partial charge on any atom is 0.127 e. The van der Waals surface area contributed by atoms with Crippen molar-refractivity contribution in [1.29, 1.82) is 0 Å². The molecule has 24 heavy (non-hydrogen) atoms. The molecule has 2 aromatic carbocycles. The molecule has 4 rings (SSSR count). The van der Waals surface area contributed by atoms with Gasteiger partial charge in [-0.15, -0.1) is 18.2 Å². The molecule has 1 radical (unpaired) electrons. The third-order valence-electron chi connectivity index (χ3n) is 4.11. The van der Waals surface area contributed by atoms with Crippen molar-refractivity contribution in [3.8, 4) is 17.1 Å². The van der Waals surface area contributed by atoms with Crippen LogP contribution in [0.3, 0.4) is 0 Å². The predicted octanol–water partition coefficient (Wildman–Crippen LogP) is 3.24. The Hall–Kier alpha value is -2.30. The van der Waals surface area contributed by atoms with Crippen molar-refractivity contribution in [2.24, 2.45) is 7.05 Å². The summed E-state index contributed by atoms with van der Waals surface area (Å²) in [4.78, 5) is 8.98. The van der Waals surface area contributed by atoms with Gasteiger partial charge < -0.3 is 4.57 Å². The van der Waals surface area contributed by atoms with Crippen molar-refractivity contribution in [2.75, 3.05) is 0 Å². The van der Waals surface area contributed by atoms with Gasteiger partial charge in [-0.3, -0.25) is 14.6 Å². The Labute approximate surface area is 153 Å². The van der Waals surface area contributed by atoms with E-state index in [1.807, 2.05) is 34.8 Å². The van der Waals surface area contributed by atoms with Crippen LogP contribution in [0.15, 0.2) is 43.0 Å². The molecule has 0 saturated heterocycles. The smallest absolute Gasteiger partial charge is 0.127 e. The SMILES string of the molecule is Cc1cccc(C)c1-n1ncnc1-c1[c-]ccc2c1ncn2C.[Ir]. The maximum absolute atomic E-state index is 4.50. The number of hydrogen-bond acceptors (Lipinski definition) is 3. The number of rotatable bonds is 2. The van der Waals surface area contributed by atoms with Gasteiger partial charge in [-0.2, -0.15) is 5.10 Å². The van der Waals surface area contributed by atoms with Crippen molar-refractivity contribution in [3.05, 3.63) is 60.2 Å². The largest absolute Gasteiger partial charge is 0.352 e. The van der Waals surface area contributed by atoms with Crippen LogP contribution in [0.2, 0.25) is 0 Å². The summed E-state index contributed by atoms with van der Waals surface area (Å²) in [6.07, 6.45) is 3.39. The molecule has 0 N–H and O–H groups in total. The normalized spacial score (nSPS) is 10.8. The number of para-hydroxylation sites is 1. The van der Waals surface area contributed by atoms with E-state index in [1.54, 1.807) is 6.33 Å². The van der Waals surface area contributed by atoms with E-state index in [9.17, 15) is 0 Å². The van der Waals surface area contributed by atoms with Crippen LogP contribution in [0.25, 0.3) is 28.1 Å². The zero-order valence-corrected chi connectivity index (χ0v) is 16.0. The standard InChI is InChI=1S/C18H16N5.Ir/c1-12-6-4-7-13(2)17(12)23-18(19-10-21-23)14-8-5-9-15-16(14)20-11-22(15)3;/h4-7,9-11H,1-3H3;/q-1;. The van der Waals surface area contributed by atoms with Crippen LogP contribution in [0, 0.1) is 19.9 Å². The third-order valence-corrected chi connectivity index (χ3v) is 4.11. The van der Waals surface area contributed by atoms with Crippen molar-refractivity contribution in [2.45, 2.75) is 13.8 Å². The quantitative estimate of drug-likeness (QED) is 0.402. The van der Waals surface area contributed by atoms with Gasteiger partial charge in [-0.05, 0) is 30.5 Å². The predicted molar refractivity (Wildman–Crippen MR) is 89.4 cm³/mol. The summed E-state index contributed by atoms with van der Waals surface area (Å²) in [7, 11) is 1.98. The maximum atomic E-state index is 4.50. The van der Waals surface area contributed by atoms with E-state index in [-0.39, 0.29) is 20.1 Å². The summed E-state index contributed by atoms with van der Waals surface area (Å²) in [6.45, 7) is 4.16. The first-order valence-corrected chi connectivity index (χ1v) is 7.45. The average Bonchev–Trinajstić information content (AvgIpc) is 3.15. The molecular weight excluding hydrogens is 478 g/mol. The van der Waals surface area contributed by atoms with Crippen molar-refractivity contribution in [3.63, 3.8) is 0 Å². The van der Waals surface area contributed by atoms with E-state index in [4.69, 9.17) is 0 Å². The molecule has 0 fully saturated rings. The molecule has 0 aliphatic heterocycles. The van der Waals surface area contributed by atoms with E-state index in [2.05, 4.69) is 53.2 Å². The molecule has 0 saturated carbocycles. The Morgan fingerprint density at radius 2 is 1.79 bits per heavy atom. The van der Waals surface area contributed by atoms with Gasteiger partial charge in [0.1, 0.15) is 6.33 Å². The van der Waals surface area contributed by atoms with Gasteiger partial charge in [0.2, 0.25) is 0 Å². The molecule has 2 aromatic heterocycles. The molecule has 0 spiro atoms. The van der Waals surface area contributed by atoms with Crippen LogP contribution in [0.4, 0.5) is 0 Å². The second-order valence-electron chi connectivity index (χ2n) is 5.68. The van der Waals surface area contributed by atoms with Gasteiger partial charge in [0, 0.05) is 32.7 Å². The number of aryl methyl sites for hydroxylation is 3. The van der Waals surface area contributed by atoms with Gasteiger partial charge >= 0.3 is 0 Å². The van der Waals surface area contributed by atoms with E-state index in [0.29, 0.717) is 0 Å². The molecule has 0 aliphatic rings. The molecule has 6 heteroatoms. The van der Waals surface area contributed by atoms with Gasteiger partial charge in [0.15, 0.2) is 0 Å². The van der Waals surface area contributed by atoms with E-state index in [1.165, 1.54) is 0 Å². The van der Waals surface area contributed by atoms with E-state index in [0.717, 1.165) is 39.2 Å². The molecule has 4 aromatic rings. The van der Waals surface area contributed by atoms with Gasteiger partial charge in [0.25, 0.3) is 0 Å². The first kappa shape index (κ1) is 16.6. The molecule has 5 nitrogen and oxygen atoms in total. The summed E-state index contributed by atoms with van der Waals surface area (Å²) >= 11 is 0. The Kier molecular flexibility index (Phi) is 4.35. The first-order chi connectivity index (χ1) is 11.2. The van der Waals surface area contributed by atoms with Crippen LogP contribution >= 0.6 is 0 Å². The van der Waals surface area contributed by atoms with Gasteiger partial charge in [-0.25, -0.2) is 0 Å². The topological polar surface area (TPSA) is 48.5 Å². The van der Waals surface area contributed by atoms with Crippen molar-refractivity contribution < 1.29 is 20.1 Å². The van der Waals surface area contributed by atoms with Crippen LogP contribution in [0.1, 0.15) is 11.1 Å². The average molecular weight is 495 g/mol. The number of imidazole rings is 1. The zero-order chi connectivity index (χ0) is 16.0. The number of fused-ring (bicyclic) bond motifs is 1. The molecule has 0 atom stereocenters. The minimum atomic E-state index is 0.